The molecule has 2 unspecified atom stereocenters. The molecule has 0 bridgehead atoms. The van der Waals surface area contributed by atoms with Crippen molar-refractivity contribution in [1.29, 1.82) is 0 Å². The fourth-order valence-corrected chi connectivity index (χ4v) is 2.38. The second-order valence-corrected chi connectivity index (χ2v) is 5.37. The molecule has 2 atom stereocenters. The third-order valence-electron chi connectivity index (χ3n) is 2.10. The Morgan fingerprint density at radius 1 is 1.47 bits per heavy atom. The van der Waals surface area contributed by atoms with Gasteiger partial charge in [-0.05, 0) is 30.0 Å². The number of halogens is 4. The highest BCUT2D eigenvalue weighted by Gasteiger charge is 2.14. The van der Waals surface area contributed by atoms with Crippen molar-refractivity contribution in [2.75, 3.05) is 5.33 Å². The van der Waals surface area contributed by atoms with Gasteiger partial charge in [0.25, 0.3) is 0 Å². The van der Waals surface area contributed by atoms with Crippen molar-refractivity contribution in [3.63, 3.8) is 0 Å². The lowest BCUT2D eigenvalue weighted by Crippen LogP contribution is -2.12. The van der Waals surface area contributed by atoms with Crippen LogP contribution in [-0.4, -0.2) is 21.9 Å². The van der Waals surface area contributed by atoms with Crippen molar-refractivity contribution in [2.45, 2.75) is 31.7 Å². The number of allylic oxidation sites excluding steroid dienone is 2. The molecule has 0 saturated carbocycles. The average Bonchev–Trinajstić information content (AvgIpc) is 2.25. The van der Waals surface area contributed by atoms with Gasteiger partial charge in [0.2, 0.25) is 0 Å². The van der Waals surface area contributed by atoms with Gasteiger partial charge in [0, 0.05) is 16.8 Å². The zero-order valence-corrected chi connectivity index (χ0v) is 13.3. The highest BCUT2D eigenvalue weighted by molar-refractivity contribution is 9.11. The van der Waals surface area contributed by atoms with Crippen molar-refractivity contribution in [2.24, 2.45) is 0 Å². The van der Waals surface area contributed by atoms with Crippen molar-refractivity contribution >= 4 is 55.1 Å². The molecule has 0 aromatic heterocycles. The topological polar surface area (TPSA) is 20.2 Å². The van der Waals surface area contributed by atoms with Gasteiger partial charge < -0.3 is 5.11 Å². The van der Waals surface area contributed by atoms with Gasteiger partial charge in [-0.3, -0.25) is 0 Å². The number of aliphatic hydroxyl groups excluding tert-OH is 1. The lowest BCUT2D eigenvalue weighted by Gasteiger charge is -2.13. The largest absolute Gasteiger partial charge is 0.388 e. The van der Waals surface area contributed by atoms with Crippen molar-refractivity contribution in [3.05, 3.63) is 21.2 Å². The Morgan fingerprint density at radius 3 is 2.40 bits per heavy atom. The van der Waals surface area contributed by atoms with Crippen LogP contribution < -0.4 is 0 Å². The van der Waals surface area contributed by atoms with E-state index in [-0.39, 0.29) is 5.38 Å². The van der Waals surface area contributed by atoms with Crippen LogP contribution in [0, 0.1) is 0 Å². The molecular formula is C10H14Br2Cl2O. The van der Waals surface area contributed by atoms with Crippen LogP contribution in [0.1, 0.15) is 20.3 Å². The van der Waals surface area contributed by atoms with E-state index in [1.165, 1.54) is 0 Å². The predicted octanol–water partition coefficient (Wildman–Crippen LogP) is 4.55. The van der Waals surface area contributed by atoms with Crippen LogP contribution in [-0.2, 0) is 0 Å². The standard InChI is InChI=1S/C10H14Br2Cl2O/c1-6(4-11)8(13)3-9(14)7(2)10(15)5-12/h4,8,10,15H,3,5H2,1-2H3. The quantitative estimate of drug-likeness (QED) is 0.693. The molecule has 1 N–H and O–H groups in total. The van der Waals surface area contributed by atoms with Crippen molar-refractivity contribution < 1.29 is 5.11 Å². The Hall–Kier alpha value is 0.980. The van der Waals surface area contributed by atoms with E-state index in [1.807, 2.05) is 13.8 Å². The normalized spacial score (nSPS) is 18.5. The zero-order valence-electron chi connectivity index (χ0n) is 8.61. The molecule has 0 radical (unpaired) electrons. The summed E-state index contributed by atoms with van der Waals surface area (Å²) in [7, 11) is 0. The molecular weight excluding hydrogens is 367 g/mol. The second-order valence-electron chi connectivity index (χ2n) is 3.28. The summed E-state index contributed by atoms with van der Waals surface area (Å²) in [6.45, 7) is 3.73. The Kier molecular flexibility index (Phi) is 8.66. The maximum Gasteiger partial charge on any atom is 0.0858 e. The van der Waals surface area contributed by atoms with E-state index >= 15 is 0 Å². The van der Waals surface area contributed by atoms with Gasteiger partial charge in [-0.2, -0.15) is 0 Å². The van der Waals surface area contributed by atoms with E-state index in [0.29, 0.717) is 16.8 Å². The van der Waals surface area contributed by atoms with Gasteiger partial charge in [-0.15, -0.1) is 11.6 Å². The molecule has 0 aromatic rings. The maximum atomic E-state index is 9.55. The molecule has 0 heterocycles. The molecule has 0 aromatic carbocycles. The van der Waals surface area contributed by atoms with E-state index in [2.05, 4.69) is 31.9 Å². The molecule has 0 spiro atoms. The molecule has 0 rings (SSSR count). The van der Waals surface area contributed by atoms with Crippen LogP contribution in [0.3, 0.4) is 0 Å². The molecule has 88 valence electrons. The first-order valence-electron chi connectivity index (χ1n) is 4.44. The molecule has 5 heteroatoms. The second kappa shape index (κ2) is 8.13. The highest BCUT2D eigenvalue weighted by Crippen LogP contribution is 2.25. The van der Waals surface area contributed by atoms with Crippen LogP contribution in [0.25, 0.3) is 0 Å². The van der Waals surface area contributed by atoms with Gasteiger partial charge in [-0.25, -0.2) is 0 Å². The van der Waals surface area contributed by atoms with Gasteiger partial charge in [0.05, 0.1) is 11.5 Å². The Bertz CT molecular complexity index is 264. The fourth-order valence-electron chi connectivity index (χ4n) is 0.844. The highest BCUT2D eigenvalue weighted by atomic mass is 79.9. The molecule has 0 fully saturated rings. The van der Waals surface area contributed by atoms with E-state index in [0.717, 1.165) is 11.1 Å². The first-order valence-corrected chi connectivity index (χ1v) is 7.29. The summed E-state index contributed by atoms with van der Waals surface area (Å²) in [5, 5.41) is 10.5. The minimum atomic E-state index is -0.547. The SMILES string of the molecule is CC(=CBr)C(Cl)CC(Cl)=C(C)C(O)CBr. The Labute approximate surface area is 118 Å². The summed E-state index contributed by atoms with van der Waals surface area (Å²) in [5.41, 5.74) is 1.78. The maximum absolute atomic E-state index is 9.55. The number of rotatable bonds is 5. The third kappa shape index (κ3) is 5.73. The summed E-state index contributed by atoms with van der Waals surface area (Å²) in [6, 6.07) is 0. The summed E-state index contributed by atoms with van der Waals surface area (Å²) >= 11 is 18.6. The molecule has 0 aliphatic carbocycles. The lowest BCUT2D eigenvalue weighted by molar-refractivity contribution is 0.236. The van der Waals surface area contributed by atoms with Gasteiger partial charge >= 0.3 is 0 Å². The zero-order chi connectivity index (χ0) is 12.0. The van der Waals surface area contributed by atoms with Gasteiger partial charge in [0.1, 0.15) is 0 Å². The number of hydrogen-bond acceptors (Lipinski definition) is 1. The number of hydrogen-bond donors (Lipinski definition) is 1. The van der Waals surface area contributed by atoms with Crippen LogP contribution in [0.5, 0.6) is 0 Å². The Balaban J connectivity index is 4.53. The summed E-state index contributed by atoms with van der Waals surface area (Å²) in [6.07, 6.45) is -0.0120. The van der Waals surface area contributed by atoms with Crippen molar-refractivity contribution in [3.8, 4) is 0 Å². The van der Waals surface area contributed by atoms with Gasteiger partial charge in [0.15, 0.2) is 0 Å². The molecule has 15 heavy (non-hydrogen) atoms. The lowest BCUT2D eigenvalue weighted by atomic mass is 10.1. The van der Waals surface area contributed by atoms with E-state index in [9.17, 15) is 5.11 Å². The summed E-state index contributed by atoms with van der Waals surface area (Å²) < 4.78 is 0. The minimum Gasteiger partial charge on any atom is -0.388 e. The van der Waals surface area contributed by atoms with Gasteiger partial charge in [-0.1, -0.05) is 43.5 Å². The third-order valence-corrected chi connectivity index (χ3v) is 4.38. The smallest absolute Gasteiger partial charge is 0.0858 e. The van der Waals surface area contributed by atoms with Crippen molar-refractivity contribution in [1.82, 2.24) is 0 Å². The molecule has 0 aliphatic heterocycles. The van der Waals surface area contributed by atoms with E-state index in [4.69, 9.17) is 23.2 Å². The minimum absolute atomic E-state index is 0.144. The molecule has 0 amide bonds. The number of alkyl halides is 2. The summed E-state index contributed by atoms with van der Waals surface area (Å²) in [5.74, 6) is 0. The first-order chi connectivity index (χ1) is 6.93. The average molecular weight is 381 g/mol. The van der Waals surface area contributed by atoms with E-state index in [1.54, 1.807) is 4.99 Å². The van der Waals surface area contributed by atoms with Crippen LogP contribution in [0.15, 0.2) is 21.2 Å². The monoisotopic (exact) mass is 378 g/mol. The predicted molar refractivity (Wildman–Crippen MR) is 75.3 cm³/mol. The van der Waals surface area contributed by atoms with Crippen LogP contribution >= 0.6 is 55.1 Å². The molecule has 0 saturated heterocycles. The first kappa shape index (κ1) is 16.0. The Morgan fingerprint density at radius 2 is 2.00 bits per heavy atom. The number of aliphatic hydroxyl groups is 1. The fraction of sp³-hybridized carbons (Fsp3) is 0.600. The molecule has 0 aliphatic rings. The van der Waals surface area contributed by atoms with Crippen LogP contribution in [0.4, 0.5) is 0 Å². The van der Waals surface area contributed by atoms with Crippen LogP contribution in [0.2, 0.25) is 0 Å². The molecule has 1 nitrogen and oxygen atoms in total. The summed E-state index contributed by atoms with van der Waals surface area (Å²) in [4.78, 5) is 1.78. The van der Waals surface area contributed by atoms with E-state index < -0.39 is 6.10 Å².